The molecule has 1 N–H and O–H groups in total. The Bertz CT molecular complexity index is 482. The zero-order chi connectivity index (χ0) is 18.8. The van der Waals surface area contributed by atoms with Gasteiger partial charge < -0.3 is 19.5 Å². The van der Waals surface area contributed by atoms with Gasteiger partial charge in [0.05, 0.1) is 12.2 Å². The molecule has 0 aromatic heterocycles. The third-order valence-electron chi connectivity index (χ3n) is 4.81. The highest BCUT2D eigenvalue weighted by molar-refractivity contribution is 5.87. The molecule has 146 valence electrons. The molecule has 0 radical (unpaired) electrons. The maximum absolute atomic E-state index is 12.1. The van der Waals surface area contributed by atoms with E-state index in [4.69, 9.17) is 9.47 Å². The minimum atomic E-state index is -0.707. The fraction of sp³-hybridized carbons (Fsp3) is 0.650. The lowest BCUT2D eigenvalue weighted by Crippen LogP contribution is -2.39. The quantitative estimate of drug-likeness (QED) is 0.344. The van der Waals surface area contributed by atoms with Crippen molar-refractivity contribution < 1.29 is 19.4 Å². The number of hydrogen-bond acceptors (Lipinski definition) is 5. The van der Waals surface area contributed by atoms with E-state index in [0.29, 0.717) is 26.2 Å². The minimum absolute atomic E-state index is 0.0903. The van der Waals surface area contributed by atoms with Crippen molar-refractivity contribution in [3.05, 3.63) is 37.5 Å². The zero-order valence-corrected chi connectivity index (χ0v) is 15.6. The molecule has 0 bridgehead atoms. The Kier molecular flexibility index (Phi) is 9.05. The molecule has 2 aliphatic rings. The summed E-state index contributed by atoms with van der Waals surface area (Å²) in [6.45, 7) is 11.1. The zero-order valence-electron chi connectivity index (χ0n) is 15.6. The van der Waals surface area contributed by atoms with Crippen LogP contribution >= 0.6 is 0 Å². The van der Waals surface area contributed by atoms with Crippen molar-refractivity contribution in [1.29, 1.82) is 0 Å². The van der Waals surface area contributed by atoms with Crippen LogP contribution in [-0.4, -0.2) is 78.6 Å². The largest absolute Gasteiger partial charge is 0.377 e. The molecule has 2 rings (SSSR count). The summed E-state index contributed by atoms with van der Waals surface area (Å²) >= 11 is 0. The van der Waals surface area contributed by atoms with Gasteiger partial charge >= 0.3 is 0 Å². The third kappa shape index (κ3) is 6.68. The van der Waals surface area contributed by atoms with Gasteiger partial charge in [0.25, 0.3) is 0 Å². The lowest BCUT2D eigenvalue weighted by molar-refractivity contribution is -0.127. The summed E-state index contributed by atoms with van der Waals surface area (Å²) in [7, 11) is 0. The molecule has 26 heavy (non-hydrogen) atoms. The van der Waals surface area contributed by atoms with Gasteiger partial charge in [0.2, 0.25) is 5.91 Å². The monoisotopic (exact) mass is 364 g/mol. The van der Waals surface area contributed by atoms with E-state index in [2.05, 4.69) is 13.2 Å². The number of carbonyl (C=O) groups excluding carboxylic acids is 1. The Hall–Kier alpha value is -1.47. The molecule has 2 heterocycles. The van der Waals surface area contributed by atoms with E-state index in [1.165, 1.54) is 12.2 Å². The van der Waals surface area contributed by atoms with Crippen molar-refractivity contribution >= 4 is 5.91 Å². The van der Waals surface area contributed by atoms with Gasteiger partial charge in [-0.25, -0.2) is 0 Å². The molecule has 6 nitrogen and oxygen atoms in total. The number of aliphatic hydroxyl groups excluding tert-OH is 1. The molecule has 0 aromatic carbocycles. The Morgan fingerprint density at radius 2 is 1.69 bits per heavy atom. The summed E-state index contributed by atoms with van der Waals surface area (Å²) < 4.78 is 11.3. The highest BCUT2D eigenvalue weighted by Gasteiger charge is 2.22. The molecule has 2 saturated heterocycles. The van der Waals surface area contributed by atoms with Crippen LogP contribution in [0.5, 0.6) is 0 Å². The van der Waals surface area contributed by atoms with Crippen LogP contribution in [0.25, 0.3) is 0 Å². The Morgan fingerprint density at radius 1 is 1.08 bits per heavy atom. The van der Waals surface area contributed by atoms with Crippen molar-refractivity contribution in [2.45, 2.75) is 44.1 Å². The molecule has 0 saturated carbocycles. The fourth-order valence-corrected chi connectivity index (χ4v) is 3.32. The molecule has 6 heteroatoms. The maximum Gasteiger partial charge on any atom is 0.246 e. The number of hydrogen-bond donors (Lipinski definition) is 1. The Labute approximate surface area is 156 Å². The number of carbonyl (C=O) groups is 1. The molecule has 0 aliphatic carbocycles. The number of ether oxygens (including phenoxy) is 2. The first-order valence-electron chi connectivity index (χ1n) is 9.48. The molecule has 0 aromatic rings. The summed E-state index contributed by atoms with van der Waals surface area (Å²) in [6.07, 6.45) is 10.5. The van der Waals surface area contributed by atoms with Gasteiger partial charge in [-0.3, -0.25) is 9.69 Å². The van der Waals surface area contributed by atoms with Crippen molar-refractivity contribution in [1.82, 2.24) is 9.80 Å². The first-order chi connectivity index (χ1) is 12.6. The molecular weight excluding hydrogens is 332 g/mol. The van der Waals surface area contributed by atoms with Crippen LogP contribution in [0.3, 0.4) is 0 Å². The summed E-state index contributed by atoms with van der Waals surface area (Å²) in [4.78, 5) is 15.7. The van der Waals surface area contributed by atoms with Gasteiger partial charge in [-0.1, -0.05) is 25.3 Å². The number of amides is 1. The maximum atomic E-state index is 12.1. The first-order valence-corrected chi connectivity index (χ1v) is 9.48. The van der Waals surface area contributed by atoms with E-state index in [1.54, 1.807) is 4.90 Å². The number of rotatable bonds is 11. The van der Waals surface area contributed by atoms with Crippen molar-refractivity contribution in [2.75, 3.05) is 39.4 Å². The van der Waals surface area contributed by atoms with E-state index < -0.39 is 6.23 Å². The minimum Gasteiger partial charge on any atom is -0.377 e. The van der Waals surface area contributed by atoms with E-state index in [9.17, 15) is 9.90 Å². The summed E-state index contributed by atoms with van der Waals surface area (Å²) in [5.41, 5.74) is 0. The number of nitrogens with zero attached hydrogens (tertiary/aromatic N) is 2. The normalized spacial score (nSPS) is 24.2. The second-order valence-corrected chi connectivity index (χ2v) is 6.79. The van der Waals surface area contributed by atoms with E-state index in [0.717, 1.165) is 38.9 Å². The molecule has 2 fully saturated rings. The smallest absolute Gasteiger partial charge is 0.246 e. The summed E-state index contributed by atoms with van der Waals surface area (Å²) in [5, 5.41) is 10.1. The third-order valence-corrected chi connectivity index (χ3v) is 4.81. The van der Waals surface area contributed by atoms with Gasteiger partial charge in [0, 0.05) is 39.4 Å². The van der Waals surface area contributed by atoms with Crippen molar-refractivity contribution in [3.63, 3.8) is 0 Å². The van der Waals surface area contributed by atoms with Crippen LogP contribution < -0.4 is 0 Å². The van der Waals surface area contributed by atoms with Crippen LogP contribution in [0.4, 0.5) is 0 Å². The highest BCUT2D eigenvalue weighted by atomic mass is 16.5. The van der Waals surface area contributed by atoms with Crippen molar-refractivity contribution in [2.24, 2.45) is 0 Å². The van der Waals surface area contributed by atoms with Gasteiger partial charge in [0.15, 0.2) is 0 Å². The highest BCUT2D eigenvalue weighted by Crippen LogP contribution is 2.15. The molecule has 2 aliphatic heterocycles. The standard InChI is InChI=1S/C20H32N2O4/c1-3-19(23)21(15-17-9-7-13-25-17)11-5-6-12-22(20(24)4-2)16-18-10-8-14-26-18/h3-6,17-19,23H,1-2,7-16H2/b6-5+. The predicted octanol–water partition coefficient (Wildman–Crippen LogP) is 1.72. The fourth-order valence-electron chi connectivity index (χ4n) is 3.32. The SMILES string of the molecule is C=CC(=O)N(C/C=C/CN(CC1CCCO1)C(O)C=C)CC1CCCO1. The second kappa shape index (κ2) is 11.3. The molecule has 1 amide bonds. The van der Waals surface area contributed by atoms with Crippen LogP contribution in [-0.2, 0) is 14.3 Å². The molecule has 3 unspecified atom stereocenters. The number of aliphatic hydroxyl groups is 1. The first kappa shape index (κ1) is 20.8. The molecular formula is C20H32N2O4. The van der Waals surface area contributed by atoms with E-state index >= 15 is 0 Å². The predicted molar refractivity (Wildman–Crippen MR) is 102 cm³/mol. The Balaban J connectivity index is 1.84. The average molecular weight is 364 g/mol. The van der Waals surface area contributed by atoms with Crippen LogP contribution in [0.2, 0.25) is 0 Å². The summed E-state index contributed by atoms with van der Waals surface area (Å²) in [5.74, 6) is -0.0903. The van der Waals surface area contributed by atoms with Crippen LogP contribution in [0, 0.1) is 0 Å². The van der Waals surface area contributed by atoms with Gasteiger partial charge in [-0.2, -0.15) is 0 Å². The second-order valence-electron chi connectivity index (χ2n) is 6.79. The van der Waals surface area contributed by atoms with Gasteiger partial charge in [0.1, 0.15) is 6.23 Å². The van der Waals surface area contributed by atoms with Crippen LogP contribution in [0.15, 0.2) is 37.5 Å². The molecule has 0 spiro atoms. The van der Waals surface area contributed by atoms with E-state index in [-0.39, 0.29) is 18.1 Å². The Morgan fingerprint density at radius 3 is 2.23 bits per heavy atom. The average Bonchev–Trinajstić information content (AvgIpc) is 3.35. The lowest BCUT2D eigenvalue weighted by atomic mass is 10.2. The summed E-state index contributed by atoms with van der Waals surface area (Å²) in [6, 6.07) is 0. The van der Waals surface area contributed by atoms with Crippen molar-refractivity contribution in [3.8, 4) is 0 Å². The topological polar surface area (TPSA) is 62.2 Å². The molecule has 3 atom stereocenters. The van der Waals surface area contributed by atoms with Gasteiger partial charge in [-0.15, -0.1) is 0 Å². The van der Waals surface area contributed by atoms with Crippen LogP contribution in [0.1, 0.15) is 25.7 Å². The van der Waals surface area contributed by atoms with Gasteiger partial charge in [-0.05, 0) is 37.8 Å². The van der Waals surface area contributed by atoms with E-state index in [1.807, 2.05) is 17.1 Å². The lowest BCUT2D eigenvalue weighted by Gasteiger charge is -2.27.